The van der Waals surface area contributed by atoms with Gasteiger partial charge in [-0.1, -0.05) is 79.9 Å². The molecule has 0 radical (unpaired) electrons. The van der Waals surface area contributed by atoms with Crippen LogP contribution in [0.15, 0.2) is 70.5 Å². The molecule has 4 aromatic carbocycles. The smallest absolute Gasteiger partial charge is 0.339 e. The Labute approximate surface area is 289 Å². The number of hydrogen-bond donors (Lipinski definition) is 0. The van der Waals surface area contributed by atoms with Crippen LogP contribution in [0, 0.1) is 35.5 Å². The monoisotopic (exact) mass is 695 g/mol. The Bertz CT molecular complexity index is 2140. The van der Waals surface area contributed by atoms with E-state index < -0.39 is 20.2 Å². The average molecular weight is 696 g/mol. The maximum atomic E-state index is 15.3. The molecule has 6 aliphatic rings. The van der Waals surface area contributed by atoms with Crippen molar-refractivity contribution in [2.75, 3.05) is 0 Å². The average Bonchev–Trinajstić information content (AvgIpc) is 3.96. The molecule has 0 N–H and O–H groups in total. The first-order valence-corrected chi connectivity index (χ1v) is 21.5. The van der Waals surface area contributed by atoms with Gasteiger partial charge in [0.15, 0.2) is 5.75 Å². The first kappa shape index (κ1) is 30.8. The van der Waals surface area contributed by atoms with E-state index in [4.69, 9.17) is 4.18 Å². The first-order valence-electron chi connectivity index (χ1n) is 18.6. The summed E-state index contributed by atoms with van der Waals surface area (Å²) in [5.74, 6) is 4.76. The molecule has 10 rings (SSSR count). The fourth-order valence-electron chi connectivity index (χ4n) is 12.2. The number of fused-ring (bicyclic) bond motifs is 8. The van der Waals surface area contributed by atoms with Crippen LogP contribution in [0.25, 0.3) is 21.5 Å². The SMILES string of the molecule is O=S(=O)([O-])c1c2ccccc2c(OS(=O)(=O)c2c(C3CC4CCC3C4)cc(C3CC4CCC3C4)cc2C2CC3CCC2C3)c2ccccc12. The van der Waals surface area contributed by atoms with Gasteiger partial charge in [0, 0.05) is 21.5 Å². The van der Waals surface area contributed by atoms with E-state index in [0.717, 1.165) is 42.7 Å². The molecule has 6 nitrogen and oxygen atoms in total. The van der Waals surface area contributed by atoms with Gasteiger partial charge in [0.25, 0.3) is 0 Å². The minimum absolute atomic E-state index is 0.0913. The van der Waals surface area contributed by atoms with E-state index in [1.54, 1.807) is 48.5 Å². The largest absolute Gasteiger partial charge is 0.744 e. The van der Waals surface area contributed by atoms with Crippen molar-refractivity contribution in [2.45, 2.75) is 105 Å². The van der Waals surface area contributed by atoms with Crippen LogP contribution in [0.5, 0.6) is 5.75 Å². The van der Waals surface area contributed by atoms with Crippen molar-refractivity contribution in [3.8, 4) is 5.75 Å². The van der Waals surface area contributed by atoms with Crippen molar-refractivity contribution < 1.29 is 25.6 Å². The van der Waals surface area contributed by atoms with Crippen LogP contribution < -0.4 is 4.18 Å². The van der Waals surface area contributed by atoms with Gasteiger partial charge in [0.1, 0.15) is 15.0 Å². The van der Waals surface area contributed by atoms with Crippen molar-refractivity contribution in [1.29, 1.82) is 0 Å². The normalized spacial score (nSPS) is 33.4. The topological polar surface area (TPSA) is 101 Å². The van der Waals surface area contributed by atoms with Crippen molar-refractivity contribution >= 4 is 41.8 Å². The van der Waals surface area contributed by atoms with Gasteiger partial charge in [-0.05, 0) is 128 Å². The molecular formula is C41H43O6S2-. The van der Waals surface area contributed by atoms with Crippen LogP contribution in [0.4, 0.5) is 0 Å². The van der Waals surface area contributed by atoms with Gasteiger partial charge in [-0.25, -0.2) is 8.42 Å². The Morgan fingerprint density at radius 2 is 0.959 bits per heavy atom. The van der Waals surface area contributed by atoms with Gasteiger partial charge in [-0.3, -0.25) is 0 Å². The van der Waals surface area contributed by atoms with Gasteiger partial charge >= 0.3 is 10.1 Å². The van der Waals surface area contributed by atoms with Gasteiger partial charge in [-0.15, -0.1) is 0 Å². The van der Waals surface area contributed by atoms with Crippen molar-refractivity contribution in [3.63, 3.8) is 0 Å². The summed E-state index contributed by atoms with van der Waals surface area (Å²) in [6.07, 6.45) is 14.3. The highest BCUT2D eigenvalue weighted by Crippen LogP contribution is 2.60. The Kier molecular flexibility index (Phi) is 6.94. The summed E-state index contributed by atoms with van der Waals surface area (Å²) in [6, 6.07) is 17.9. The van der Waals surface area contributed by atoms with Gasteiger partial charge in [0.2, 0.25) is 0 Å². The summed E-state index contributed by atoms with van der Waals surface area (Å²) in [5.41, 5.74) is 3.33. The van der Waals surface area contributed by atoms with Gasteiger partial charge in [-0.2, -0.15) is 8.42 Å². The summed E-state index contributed by atoms with van der Waals surface area (Å²) < 4.78 is 75.0. The zero-order valence-corrected chi connectivity index (χ0v) is 29.4. The quantitative estimate of drug-likeness (QED) is 0.109. The molecule has 9 atom stereocenters. The minimum atomic E-state index is -4.89. The molecule has 0 aromatic heterocycles. The Balaban J connectivity index is 1.20. The van der Waals surface area contributed by atoms with Crippen LogP contribution in [0.1, 0.15) is 111 Å². The summed E-state index contributed by atoms with van der Waals surface area (Å²) in [7, 11) is -9.28. The third kappa shape index (κ3) is 4.86. The summed E-state index contributed by atoms with van der Waals surface area (Å²) in [6.45, 7) is 0. The highest BCUT2D eigenvalue weighted by molar-refractivity contribution is 7.87. The molecule has 4 aromatic rings. The fourth-order valence-corrected chi connectivity index (χ4v) is 14.6. The second kappa shape index (κ2) is 11.0. The lowest BCUT2D eigenvalue weighted by Gasteiger charge is -2.32. The minimum Gasteiger partial charge on any atom is -0.744 e. The molecule has 0 heterocycles. The van der Waals surface area contributed by atoms with E-state index in [9.17, 15) is 13.0 Å². The Hall–Kier alpha value is -2.94. The third-order valence-corrected chi connectivity index (χ3v) is 16.4. The van der Waals surface area contributed by atoms with Crippen molar-refractivity contribution in [3.05, 3.63) is 77.4 Å². The summed E-state index contributed by atoms with van der Waals surface area (Å²) in [5, 5.41) is 0.964. The zero-order chi connectivity index (χ0) is 33.2. The lowest BCUT2D eigenvalue weighted by molar-refractivity contribution is 0.392. The molecule has 8 heteroatoms. The first-order chi connectivity index (χ1) is 23.6. The molecule has 9 unspecified atom stereocenters. The van der Waals surface area contributed by atoms with Crippen molar-refractivity contribution in [2.24, 2.45) is 35.5 Å². The summed E-state index contributed by atoms with van der Waals surface area (Å²) in [4.78, 5) is 0.0483. The van der Waals surface area contributed by atoms with E-state index in [1.165, 1.54) is 56.9 Å². The van der Waals surface area contributed by atoms with E-state index >= 15 is 8.42 Å². The number of hydrogen-bond acceptors (Lipinski definition) is 6. The van der Waals surface area contributed by atoms with Crippen LogP contribution >= 0.6 is 0 Å². The highest BCUT2D eigenvalue weighted by atomic mass is 32.2. The standard InChI is InChI=1S/C41H44O6S2/c42-48(43,44)40-32-7-3-1-5-30(32)39(31-6-2-4-8-33(31)40)47-49(45,46)41-37(35-19-24-10-13-27(35)16-24)21-29(34-18-23-9-12-26(34)15-23)22-38(41)36-20-25-11-14-28(36)17-25/h1-8,21-28,34-36H,9-20H2,(H,42,43,44)/p-1. The maximum absolute atomic E-state index is 15.3. The molecule has 6 fully saturated rings. The Morgan fingerprint density at radius 3 is 1.35 bits per heavy atom. The lowest BCUT2D eigenvalue weighted by atomic mass is 9.75. The predicted octanol–water partition coefficient (Wildman–Crippen LogP) is 9.38. The second-order valence-electron chi connectivity index (χ2n) is 16.6. The second-order valence-corrected chi connectivity index (χ2v) is 19.4. The number of rotatable bonds is 7. The van der Waals surface area contributed by atoms with Gasteiger partial charge < -0.3 is 8.74 Å². The molecule has 0 saturated heterocycles. The molecule has 6 saturated carbocycles. The molecule has 6 bridgehead atoms. The Morgan fingerprint density at radius 1 is 0.531 bits per heavy atom. The summed E-state index contributed by atoms with van der Waals surface area (Å²) >= 11 is 0. The molecule has 6 aliphatic carbocycles. The number of benzene rings is 4. The molecule has 0 aliphatic heterocycles. The zero-order valence-electron chi connectivity index (χ0n) is 27.7. The molecule has 49 heavy (non-hydrogen) atoms. The van der Waals surface area contributed by atoms with Crippen LogP contribution in [-0.2, 0) is 20.2 Å². The van der Waals surface area contributed by atoms with Crippen LogP contribution in [-0.4, -0.2) is 21.4 Å². The highest BCUT2D eigenvalue weighted by Gasteiger charge is 2.48. The van der Waals surface area contributed by atoms with E-state index in [1.807, 2.05) is 0 Å². The van der Waals surface area contributed by atoms with Crippen LogP contribution in [0.3, 0.4) is 0 Å². The lowest BCUT2D eigenvalue weighted by Crippen LogP contribution is -2.23. The van der Waals surface area contributed by atoms with E-state index in [2.05, 4.69) is 12.1 Å². The molecule has 256 valence electrons. The fraction of sp³-hybridized carbons (Fsp3) is 0.512. The predicted molar refractivity (Wildman–Crippen MR) is 188 cm³/mol. The molecule has 0 spiro atoms. The van der Waals surface area contributed by atoms with E-state index in [0.29, 0.717) is 51.2 Å². The molecular weight excluding hydrogens is 653 g/mol. The van der Waals surface area contributed by atoms with Crippen LogP contribution in [0.2, 0.25) is 0 Å². The maximum Gasteiger partial charge on any atom is 0.339 e. The molecule has 0 amide bonds. The third-order valence-electron chi connectivity index (χ3n) is 14.1. The van der Waals surface area contributed by atoms with Crippen molar-refractivity contribution in [1.82, 2.24) is 0 Å². The van der Waals surface area contributed by atoms with Gasteiger partial charge in [0.05, 0.1) is 4.90 Å². The van der Waals surface area contributed by atoms with E-state index in [-0.39, 0.29) is 33.3 Å².